The molecule has 1 atom stereocenters. The number of unbranched alkanes of at least 4 members (excludes halogenated alkanes) is 2. The van der Waals surface area contributed by atoms with E-state index in [1.165, 1.54) is 0 Å². The van der Waals surface area contributed by atoms with E-state index in [0.717, 1.165) is 36.6 Å². The molecule has 4 heteroatoms. The van der Waals surface area contributed by atoms with Crippen LogP contribution in [0.15, 0.2) is 42.5 Å². The van der Waals surface area contributed by atoms with Crippen LogP contribution in [0.1, 0.15) is 52.0 Å². The van der Waals surface area contributed by atoms with Crippen LogP contribution in [0.2, 0.25) is 0 Å². The Morgan fingerprint density at radius 1 is 1.22 bits per heavy atom. The fourth-order valence-corrected chi connectivity index (χ4v) is 2.87. The van der Waals surface area contributed by atoms with Crippen molar-refractivity contribution in [2.75, 3.05) is 0 Å². The highest BCUT2D eigenvalue weighted by atomic mass is 32.2. The van der Waals surface area contributed by atoms with Gasteiger partial charge in [0.15, 0.2) is 5.12 Å². The first-order chi connectivity index (χ1) is 11.0. The van der Waals surface area contributed by atoms with Crippen molar-refractivity contribution in [3.8, 4) is 0 Å². The molecular weight excluding hydrogens is 308 g/mol. The number of rotatable bonds is 9. The van der Waals surface area contributed by atoms with Crippen LogP contribution in [0.5, 0.6) is 0 Å². The quantitative estimate of drug-likeness (QED) is 0.366. The third kappa shape index (κ3) is 7.04. The van der Waals surface area contributed by atoms with Crippen LogP contribution in [0.25, 0.3) is 0 Å². The van der Waals surface area contributed by atoms with Gasteiger partial charge in [0, 0.05) is 6.42 Å². The Bertz CT molecular complexity index is 525. The molecule has 0 aromatic heterocycles. The Morgan fingerprint density at radius 2 is 1.91 bits per heavy atom. The summed E-state index contributed by atoms with van der Waals surface area (Å²) >= 11 is 1.05. The third-order valence-electron chi connectivity index (χ3n) is 3.39. The molecule has 0 unspecified atom stereocenters. The van der Waals surface area contributed by atoms with Crippen molar-refractivity contribution >= 4 is 22.8 Å². The molecule has 0 aliphatic rings. The lowest BCUT2D eigenvalue weighted by molar-refractivity contribution is -0.146. The summed E-state index contributed by atoms with van der Waals surface area (Å²) in [6.07, 6.45) is 7.25. The maximum Gasteiger partial charge on any atom is 0.326 e. The molecule has 0 aliphatic carbocycles. The molecule has 1 aromatic rings. The molecule has 23 heavy (non-hydrogen) atoms. The van der Waals surface area contributed by atoms with Crippen molar-refractivity contribution < 1.29 is 14.3 Å². The summed E-state index contributed by atoms with van der Waals surface area (Å²) in [5, 5.41) is -0.00990. The second kappa shape index (κ2) is 10.3. The zero-order valence-electron chi connectivity index (χ0n) is 14.2. The second-order valence-corrected chi connectivity index (χ2v) is 7.05. The molecular formula is C19H26O3S. The number of allylic oxidation sites excluding steroid dienone is 1. The molecule has 1 rings (SSSR count). The van der Waals surface area contributed by atoms with E-state index in [2.05, 4.69) is 6.92 Å². The Balaban J connectivity index is 2.74. The molecule has 0 N–H and O–H groups in total. The summed E-state index contributed by atoms with van der Waals surface area (Å²) in [6.45, 7) is 5.89. The minimum atomic E-state index is -0.963. The molecule has 0 heterocycles. The van der Waals surface area contributed by atoms with Crippen molar-refractivity contribution in [3.63, 3.8) is 0 Å². The molecule has 0 bridgehead atoms. The fraction of sp³-hybridized carbons (Fsp3) is 0.474. The van der Waals surface area contributed by atoms with Gasteiger partial charge in [0.2, 0.25) is 0 Å². The maximum atomic E-state index is 12.5. The van der Waals surface area contributed by atoms with Gasteiger partial charge < -0.3 is 4.74 Å². The van der Waals surface area contributed by atoms with Crippen LogP contribution < -0.4 is 0 Å². The summed E-state index contributed by atoms with van der Waals surface area (Å²) in [7, 11) is 0. The number of hydrogen-bond donors (Lipinski definition) is 0. The van der Waals surface area contributed by atoms with Crippen molar-refractivity contribution in [2.24, 2.45) is 0 Å². The van der Waals surface area contributed by atoms with Gasteiger partial charge in [-0.05, 0) is 18.9 Å². The average Bonchev–Trinajstić information content (AvgIpc) is 2.57. The summed E-state index contributed by atoms with van der Waals surface area (Å²) in [5.74, 6) is -0.374. The number of thioether (sulfide) groups is 1. The van der Waals surface area contributed by atoms with Crippen LogP contribution >= 0.6 is 11.8 Å². The highest BCUT2D eigenvalue weighted by molar-refractivity contribution is 8.15. The molecule has 0 radical (unpaired) electrons. The van der Waals surface area contributed by atoms with Crippen LogP contribution in [-0.2, 0) is 20.9 Å². The fourth-order valence-electron chi connectivity index (χ4n) is 1.95. The van der Waals surface area contributed by atoms with Crippen molar-refractivity contribution in [1.82, 2.24) is 0 Å². The van der Waals surface area contributed by atoms with Gasteiger partial charge in [-0.25, -0.2) is 0 Å². The molecule has 3 nitrogen and oxygen atoms in total. The first kappa shape index (κ1) is 19.5. The molecule has 0 saturated carbocycles. The van der Waals surface area contributed by atoms with E-state index in [1.807, 2.05) is 42.5 Å². The second-order valence-electron chi connectivity index (χ2n) is 5.54. The van der Waals surface area contributed by atoms with Gasteiger partial charge >= 0.3 is 5.97 Å². The van der Waals surface area contributed by atoms with Gasteiger partial charge in [0.25, 0.3) is 0 Å². The van der Waals surface area contributed by atoms with Gasteiger partial charge in [-0.1, -0.05) is 80.9 Å². The minimum absolute atomic E-state index is 0.00990. The number of ether oxygens (including phenoxy) is 1. The molecule has 0 spiro atoms. The number of benzene rings is 1. The van der Waals surface area contributed by atoms with E-state index >= 15 is 0 Å². The summed E-state index contributed by atoms with van der Waals surface area (Å²) in [6, 6.07) is 9.55. The Labute approximate surface area is 143 Å². The lowest BCUT2D eigenvalue weighted by Crippen LogP contribution is -2.32. The average molecular weight is 334 g/mol. The maximum absolute atomic E-state index is 12.5. The van der Waals surface area contributed by atoms with Gasteiger partial charge in [0.1, 0.15) is 11.4 Å². The Hall–Kier alpha value is -1.55. The minimum Gasteiger partial charge on any atom is -0.460 e. The molecule has 0 aliphatic heterocycles. The number of carbonyl (C=O) groups excluding carboxylic acids is 2. The van der Waals surface area contributed by atoms with E-state index < -0.39 is 4.75 Å². The van der Waals surface area contributed by atoms with Gasteiger partial charge in [0.05, 0.1) is 0 Å². The zero-order chi connectivity index (χ0) is 17.1. The third-order valence-corrected chi connectivity index (χ3v) is 4.64. The van der Waals surface area contributed by atoms with Gasteiger partial charge in [-0.2, -0.15) is 0 Å². The lowest BCUT2D eigenvalue weighted by Gasteiger charge is -2.22. The topological polar surface area (TPSA) is 43.4 Å². The highest BCUT2D eigenvalue weighted by Crippen LogP contribution is 2.30. The SMILES string of the molecule is CCCC/C=C/[C@](C)(SC(=O)CC)C(=O)OCc1ccccc1. The normalized spacial score (nSPS) is 13.7. The van der Waals surface area contributed by atoms with Gasteiger partial charge in [-0.15, -0.1) is 0 Å². The number of esters is 1. The number of hydrogen-bond acceptors (Lipinski definition) is 4. The molecule has 0 fully saturated rings. The summed E-state index contributed by atoms with van der Waals surface area (Å²) in [5.41, 5.74) is 0.935. The standard InChI is InChI=1S/C19H26O3S/c1-4-6-7-11-14-19(3,23-17(20)5-2)18(21)22-15-16-12-9-8-10-13-16/h8-14H,4-7,15H2,1-3H3/b14-11+/t19-/m0/s1. The largest absolute Gasteiger partial charge is 0.460 e. The zero-order valence-corrected chi connectivity index (χ0v) is 15.0. The van der Waals surface area contributed by atoms with E-state index in [0.29, 0.717) is 6.42 Å². The predicted molar refractivity (Wildman–Crippen MR) is 96.2 cm³/mol. The van der Waals surface area contributed by atoms with E-state index in [9.17, 15) is 9.59 Å². The molecule has 126 valence electrons. The van der Waals surface area contributed by atoms with Crippen LogP contribution in [-0.4, -0.2) is 15.8 Å². The van der Waals surface area contributed by atoms with Crippen molar-refractivity contribution in [2.45, 2.75) is 57.8 Å². The summed E-state index contributed by atoms with van der Waals surface area (Å²) < 4.78 is 4.47. The van der Waals surface area contributed by atoms with Crippen molar-refractivity contribution in [1.29, 1.82) is 0 Å². The first-order valence-electron chi connectivity index (χ1n) is 8.12. The van der Waals surface area contributed by atoms with E-state index in [4.69, 9.17) is 4.74 Å². The lowest BCUT2D eigenvalue weighted by atomic mass is 10.1. The van der Waals surface area contributed by atoms with Gasteiger partial charge in [-0.3, -0.25) is 9.59 Å². The monoisotopic (exact) mass is 334 g/mol. The highest BCUT2D eigenvalue weighted by Gasteiger charge is 2.35. The first-order valence-corrected chi connectivity index (χ1v) is 8.94. The van der Waals surface area contributed by atoms with Crippen LogP contribution in [0.3, 0.4) is 0 Å². The van der Waals surface area contributed by atoms with E-state index in [1.54, 1.807) is 13.8 Å². The smallest absolute Gasteiger partial charge is 0.326 e. The number of carbonyl (C=O) groups is 2. The van der Waals surface area contributed by atoms with Crippen LogP contribution in [0.4, 0.5) is 0 Å². The molecule has 0 saturated heterocycles. The molecule has 0 amide bonds. The van der Waals surface area contributed by atoms with E-state index in [-0.39, 0.29) is 17.7 Å². The Morgan fingerprint density at radius 3 is 2.52 bits per heavy atom. The summed E-state index contributed by atoms with van der Waals surface area (Å²) in [4.78, 5) is 24.3. The Kier molecular flexibility index (Phi) is 8.70. The molecule has 1 aromatic carbocycles. The van der Waals surface area contributed by atoms with Crippen LogP contribution in [0, 0.1) is 0 Å². The van der Waals surface area contributed by atoms with Crippen molar-refractivity contribution in [3.05, 3.63) is 48.0 Å². The predicted octanol–water partition coefficient (Wildman–Crippen LogP) is 4.90.